The highest BCUT2D eigenvalue weighted by Crippen LogP contribution is 1.93. The first-order chi connectivity index (χ1) is 5.68. The Morgan fingerprint density at radius 3 is 3.00 bits per heavy atom. The number of ether oxygens (including phenoxy) is 1. The first kappa shape index (κ1) is 8.77. The van der Waals surface area contributed by atoms with E-state index in [4.69, 9.17) is 4.74 Å². The van der Waals surface area contributed by atoms with Crippen molar-refractivity contribution in [3.8, 4) is 0 Å². The van der Waals surface area contributed by atoms with E-state index < -0.39 is 0 Å². The normalized spacial score (nSPS) is 9.83. The lowest BCUT2D eigenvalue weighted by Gasteiger charge is -2.00. The molecule has 0 saturated heterocycles. The molecule has 0 saturated carbocycles. The summed E-state index contributed by atoms with van der Waals surface area (Å²) in [6.07, 6.45) is 3.68. The van der Waals surface area contributed by atoms with E-state index in [9.17, 15) is 4.79 Å². The summed E-state index contributed by atoms with van der Waals surface area (Å²) in [5.41, 5.74) is 1.11. The van der Waals surface area contributed by atoms with Gasteiger partial charge in [0.05, 0.1) is 12.7 Å². The zero-order valence-corrected chi connectivity index (χ0v) is 7.28. The Kier molecular flexibility index (Phi) is 2.85. The maximum atomic E-state index is 10.4. The summed E-state index contributed by atoms with van der Waals surface area (Å²) in [6.45, 7) is 4.37. The molecule has 1 aromatic heterocycles. The van der Waals surface area contributed by atoms with Gasteiger partial charge in [0.25, 0.3) is 0 Å². The molecule has 0 spiro atoms. The number of esters is 1. The number of rotatable bonds is 3. The molecule has 0 bridgehead atoms. The van der Waals surface area contributed by atoms with Gasteiger partial charge in [-0.1, -0.05) is 0 Å². The van der Waals surface area contributed by atoms with Crippen molar-refractivity contribution in [3.05, 3.63) is 18.0 Å². The Balaban J connectivity index is 2.29. The molecule has 4 heteroatoms. The van der Waals surface area contributed by atoms with E-state index in [0.29, 0.717) is 13.2 Å². The summed E-state index contributed by atoms with van der Waals surface area (Å²) in [4.78, 5) is 10.4. The highest BCUT2D eigenvalue weighted by molar-refractivity contribution is 5.65. The molecule has 1 aromatic rings. The average Bonchev–Trinajstić information content (AvgIpc) is 2.35. The second kappa shape index (κ2) is 3.90. The van der Waals surface area contributed by atoms with Gasteiger partial charge in [-0.25, -0.2) is 0 Å². The van der Waals surface area contributed by atoms with E-state index in [2.05, 4.69) is 5.10 Å². The molecular weight excluding hydrogens is 156 g/mol. The zero-order valence-electron chi connectivity index (χ0n) is 7.28. The minimum atomic E-state index is -0.251. The van der Waals surface area contributed by atoms with Gasteiger partial charge in [-0.2, -0.15) is 5.10 Å². The number of aryl methyl sites for hydroxylation is 1. The van der Waals surface area contributed by atoms with Crippen LogP contribution in [0.25, 0.3) is 0 Å². The number of hydrogen-bond acceptors (Lipinski definition) is 3. The summed E-state index contributed by atoms with van der Waals surface area (Å²) >= 11 is 0. The fraction of sp³-hybridized carbons (Fsp3) is 0.500. The second-order valence-corrected chi connectivity index (χ2v) is 2.62. The van der Waals surface area contributed by atoms with Crippen LogP contribution < -0.4 is 0 Å². The fourth-order valence-electron chi connectivity index (χ4n) is 0.872. The third kappa shape index (κ3) is 2.74. The molecule has 0 aromatic carbocycles. The summed E-state index contributed by atoms with van der Waals surface area (Å²) < 4.78 is 6.50. The SMILES string of the molecule is CC(=O)OCCn1cc(C)cn1. The predicted molar refractivity (Wildman–Crippen MR) is 43.6 cm³/mol. The van der Waals surface area contributed by atoms with Gasteiger partial charge in [0, 0.05) is 13.1 Å². The summed E-state index contributed by atoms with van der Waals surface area (Å²) in [7, 11) is 0. The van der Waals surface area contributed by atoms with Gasteiger partial charge < -0.3 is 4.74 Å². The summed E-state index contributed by atoms with van der Waals surface area (Å²) in [5, 5.41) is 4.04. The molecule has 66 valence electrons. The first-order valence-electron chi connectivity index (χ1n) is 3.81. The van der Waals surface area contributed by atoms with E-state index in [1.165, 1.54) is 6.92 Å². The van der Waals surface area contributed by atoms with Gasteiger partial charge in [0.2, 0.25) is 0 Å². The van der Waals surface area contributed by atoms with E-state index in [0.717, 1.165) is 5.56 Å². The Labute approximate surface area is 71.1 Å². The molecule has 0 unspecified atom stereocenters. The Hall–Kier alpha value is -1.32. The lowest BCUT2D eigenvalue weighted by atomic mass is 10.4. The van der Waals surface area contributed by atoms with Crippen molar-refractivity contribution in [2.75, 3.05) is 6.61 Å². The minimum Gasteiger partial charge on any atom is -0.464 e. The van der Waals surface area contributed by atoms with Crippen molar-refractivity contribution in [1.82, 2.24) is 9.78 Å². The Morgan fingerprint density at radius 1 is 1.75 bits per heavy atom. The van der Waals surface area contributed by atoms with Crippen molar-refractivity contribution >= 4 is 5.97 Å². The quantitative estimate of drug-likeness (QED) is 0.626. The average molecular weight is 168 g/mol. The zero-order chi connectivity index (χ0) is 8.97. The third-order valence-electron chi connectivity index (χ3n) is 1.39. The molecule has 0 N–H and O–H groups in total. The van der Waals surface area contributed by atoms with Crippen molar-refractivity contribution in [1.29, 1.82) is 0 Å². The van der Waals surface area contributed by atoms with E-state index in [1.54, 1.807) is 10.9 Å². The van der Waals surface area contributed by atoms with Crippen LogP contribution in [0.5, 0.6) is 0 Å². The molecule has 1 heterocycles. The van der Waals surface area contributed by atoms with Crippen molar-refractivity contribution in [2.45, 2.75) is 20.4 Å². The van der Waals surface area contributed by atoms with Crippen LogP contribution in [-0.2, 0) is 16.1 Å². The van der Waals surface area contributed by atoms with Gasteiger partial charge in [0.15, 0.2) is 0 Å². The molecule has 12 heavy (non-hydrogen) atoms. The largest absolute Gasteiger partial charge is 0.464 e. The Bertz CT molecular complexity index is 268. The second-order valence-electron chi connectivity index (χ2n) is 2.62. The van der Waals surface area contributed by atoms with Crippen molar-refractivity contribution in [3.63, 3.8) is 0 Å². The van der Waals surface area contributed by atoms with Crippen molar-refractivity contribution in [2.24, 2.45) is 0 Å². The van der Waals surface area contributed by atoms with Gasteiger partial charge in [-0.3, -0.25) is 9.48 Å². The molecule has 1 rings (SSSR count). The maximum absolute atomic E-state index is 10.4. The first-order valence-corrected chi connectivity index (χ1v) is 3.81. The molecule has 0 atom stereocenters. The smallest absolute Gasteiger partial charge is 0.302 e. The van der Waals surface area contributed by atoms with E-state index >= 15 is 0 Å². The third-order valence-corrected chi connectivity index (χ3v) is 1.39. The van der Waals surface area contributed by atoms with Crippen LogP contribution in [0.1, 0.15) is 12.5 Å². The molecule has 0 amide bonds. The molecule has 0 fully saturated rings. The topological polar surface area (TPSA) is 44.1 Å². The molecule has 0 aliphatic carbocycles. The van der Waals surface area contributed by atoms with Crippen LogP contribution in [0.3, 0.4) is 0 Å². The lowest BCUT2D eigenvalue weighted by molar-refractivity contribution is -0.141. The van der Waals surface area contributed by atoms with Crippen LogP contribution in [0.4, 0.5) is 0 Å². The molecule has 0 aliphatic rings. The van der Waals surface area contributed by atoms with E-state index in [1.807, 2.05) is 13.1 Å². The molecule has 0 radical (unpaired) electrons. The molecule has 4 nitrogen and oxygen atoms in total. The molecule has 0 aliphatic heterocycles. The highest BCUT2D eigenvalue weighted by Gasteiger charge is 1.95. The van der Waals surface area contributed by atoms with Crippen molar-refractivity contribution < 1.29 is 9.53 Å². The summed E-state index contributed by atoms with van der Waals surface area (Å²) in [6, 6.07) is 0. The van der Waals surface area contributed by atoms with E-state index in [-0.39, 0.29) is 5.97 Å². The maximum Gasteiger partial charge on any atom is 0.302 e. The van der Waals surface area contributed by atoms with Crippen LogP contribution in [0, 0.1) is 6.92 Å². The van der Waals surface area contributed by atoms with Gasteiger partial charge in [-0.05, 0) is 12.5 Å². The van der Waals surface area contributed by atoms with Gasteiger partial charge >= 0.3 is 5.97 Å². The van der Waals surface area contributed by atoms with Gasteiger partial charge in [0.1, 0.15) is 6.61 Å². The predicted octanol–water partition coefficient (Wildman–Crippen LogP) is 0.755. The number of hydrogen-bond donors (Lipinski definition) is 0. The Morgan fingerprint density at radius 2 is 2.50 bits per heavy atom. The molecular formula is C8H12N2O2. The summed E-state index contributed by atoms with van der Waals surface area (Å²) in [5.74, 6) is -0.251. The lowest BCUT2D eigenvalue weighted by Crippen LogP contribution is -2.08. The van der Waals surface area contributed by atoms with Crippen LogP contribution >= 0.6 is 0 Å². The monoisotopic (exact) mass is 168 g/mol. The van der Waals surface area contributed by atoms with Crippen LogP contribution in [-0.4, -0.2) is 22.4 Å². The minimum absolute atomic E-state index is 0.251. The van der Waals surface area contributed by atoms with Crippen LogP contribution in [0.2, 0.25) is 0 Å². The highest BCUT2D eigenvalue weighted by atomic mass is 16.5. The van der Waals surface area contributed by atoms with Gasteiger partial charge in [-0.15, -0.1) is 0 Å². The standard InChI is InChI=1S/C8H12N2O2/c1-7-5-9-10(6-7)3-4-12-8(2)11/h5-6H,3-4H2,1-2H3. The van der Waals surface area contributed by atoms with Crippen LogP contribution in [0.15, 0.2) is 12.4 Å². The number of nitrogens with zero attached hydrogens (tertiary/aromatic N) is 2. The number of carbonyl (C=O) groups is 1. The fourth-order valence-corrected chi connectivity index (χ4v) is 0.872. The number of aromatic nitrogens is 2. The number of carbonyl (C=O) groups excluding carboxylic acids is 1.